The molecule has 2 heterocycles. The molecule has 1 N–H and O–H groups in total. The fourth-order valence-corrected chi connectivity index (χ4v) is 4.69. The maximum absolute atomic E-state index is 10.5. The number of aliphatic hydroxyl groups is 1. The van der Waals surface area contributed by atoms with Crippen molar-refractivity contribution in [3.63, 3.8) is 0 Å². The average molecular weight is 357 g/mol. The number of aryl methyl sites for hydroxylation is 2. The second kappa shape index (κ2) is 7.61. The number of hydrogen-bond acceptors (Lipinski definition) is 4. The molecule has 1 aromatic heterocycles. The molecule has 26 heavy (non-hydrogen) atoms. The van der Waals surface area contributed by atoms with Gasteiger partial charge >= 0.3 is 0 Å². The van der Waals surface area contributed by atoms with Crippen molar-refractivity contribution >= 4 is 11.0 Å². The van der Waals surface area contributed by atoms with E-state index in [1.165, 1.54) is 43.1 Å². The fraction of sp³-hybridized carbons (Fsp3) is 0.636. The molecule has 4 nitrogen and oxygen atoms in total. The summed E-state index contributed by atoms with van der Waals surface area (Å²) in [5, 5.41) is 11.7. The molecule has 3 atom stereocenters. The van der Waals surface area contributed by atoms with Crippen molar-refractivity contribution in [1.82, 2.24) is 4.90 Å². The number of para-hydroxylation sites is 1. The van der Waals surface area contributed by atoms with Gasteiger partial charge in [0.05, 0.1) is 0 Å². The third-order valence-electron chi connectivity index (χ3n) is 6.18. The molecule has 1 saturated heterocycles. The van der Waals surface area contributed by atoms with Gasteiger partial charge in [-0.3, -0.25) is 4.90 Å². The molecule has 0 saturated carbocycles. The normalized spacial score (nSPS) is 25.2. The Morgan fingerprint density at radius 2 is 1.92 bits per heavy atom. The van der Waals surface area contributed by atoms with Crippen LogP contribution in [0.25, 0.3) is 11.0 Å². The van der Waals surface area contributed by atoms with Crippen LogP contribution in [0.3, 0.4) is 0 Å². The third kappa shape index (κ3) is 3.49. The summed E-state index contributed by atoms with van der Waals surface area (Å²) in [6, 6.07) is 7.19. The topological polar surface area (TPSA) is 45.8 Å². The molecular weight excluding hydrogens is 326 g/mol. The molecule has 0 spiro atoms. The van der Waals surface area contributed by atoms with Crippen molar-refractivity contribution in [2.75, 3.05) is 13.2 Å². The van der Waals surface area contributed by atoms with E-state index in [1.54, 1.807) is 0 Å². The van der Waals surface area contributed by atoms with Gasteiger partial charge in [0.2, 0.25) is 0 Å². The zero-order valence-electron chi connectivity index (χ0n) is 16.0. The van der Waals surface area contributed by atoms with Crippen LogP contribution in [0.15, 0.2) is 22.6 Å². The van der Waals surface area contributed by atoms with Crippen LogP contribution in [0.4, 0.5) is 0 Å². The summed E-state index contributed by atoms with van der Waals surface area (Å²) in [5.74, 6) is 1.88. The Kier molecular flexibility index (Phi) is 5.23. The molecule has 2 aromatic rings. The van der Waals surface area contributed by atoms with Crippen molar-refractivity contribution in [3.05, 3.63) is 29.5 Å². The fourth-order valence-electron chi connectivity index (χ4n) is 4.69. The van der Waals surface area contributed by atoms with Crippen LogP contribution in [0.2, 0.25) is 0 Å². The molecule has 0 bridgehead atoms. The quantitative estimate of drug-likeness (QED) is 0.866. The number of β-amino-alcohol motifs (C(OH)–C–C–N with tert-alkyl or cyclic N) is 1. The number of nitrogens with zero attached hydrogens (tertiary/aromatic N) is 1. The van der Waals surface area contributed by atoms with Gasteiger partial charge in [-0.2, -0.15) is 0 Å². The number of fused-ring (bicyclic) bond motifs is 3. The lowest BCUT2D eigenvalue weighted by molar-refractivity contribution is 0.0210. The number of aliphatic hydroxyl groups excluding tert-OH is 1. The van der Waals surface area contributed by atoms with Crippen molar-refractivity contribution < 1.29 is 14.3 Å². The van der Waals surface area contributed by atoms with Gasteiger partial charge in [-0.25, -0.2) is 0 Å². The van der Waals surface area contributed by atoms with E-state index in [4.69, 9.17) is 9.15 Å². The van der Waals surface area contributed by atoms with Crippen molar-refractivity contribution in [2.45, 2.75) is 77.0 Å². The van der Waals surface area contributed by atoms with Crippen LogP contribution in [0.5, 0.6) is 5.75 Å². The molecule has 1 aliphatic heterocycles. The van der Waals surface area contributed by atoms with Gasteiger partial charge in [0.15, 0.2) is 11.3 Å². The summed E-state index contributed by atoms with van der Waals surface area (Å²) in [4.78, 5) is 2.42. The van der Waals surface area contributed by atoms with Gasteiger partial charge in [0.1, 0.15) is 18.5 Å². The molecular formula is C22H31NO3. The average Bonchev–Trinajstić information content (AvgIpc) is 3.02. The summed E-state index contributed by atoms with van der Waals surface area (Å²) in [6.07, 6.45) is 7.79. The SMILES string of the molecule is C[C@@H]1CCC[C@@H](C)N1C[C@@H](O)COc1cccc2c3c(oc12)CCCC3. The van der Waals surface area contributed by atoms with E-state index in [-0.39, 0.29) is 0 Å². The first-order valence-corrected chi connectivity index (χ1v) is 10.2. The van der Waals surface area contributed by atoms with Gasteiger partial charge in [-0.15, -0.1) is 0 Å². The zero-order valence-corrected chi connectivity index (χ0v) is 16.0. The summed E-state index contributed by atoms with van der Waals surface area (Å²) in [6.45, 7) is 5.50. The molecule has 4 heteroatoms. The lowest BCUT2D eigenvalue weighted by Gasteiger charge is -2.40. The van der Waals surface area contributed by atoms with Gasteiger partial charge in [-0.1, -0.05) is 18.6 Å². The number of rotatable bonds is 5. The molecule has 142 valence electrons. The third-order valence-corrected chi connectivity index (χ3v) is 6.18. The lowest BCUT2D eigenvalue weighted by atomic mass is 9.96. The Labute approximate surface area is 156 Å². The van der Waals surface area contributed by atoms with Crippen molar-refractivity contribution in [3.8, 4) is 5.75 Å². The second-order valence-electron chi connectivity index (χ2n) is 8.13. The standard InChI is InChI=1S/C22H31NO3/c1-15-7-5-8-16(2)23(15)13-17(24)14-25-21-12-6-10-19-18-9-3-4-11-20(18)26-22(19)21/h6,10,12,15-17,24H,3-5,7-9,11,13-14H2,1-2H3/t15-,16-,17-/m1/s1. The highest BCUT2D eigenvalue weighted by Crippen LogP contribution is 2.36. The van der Waals surface area contributed by atoms with E-state index in [2.05, 4.69) is 24.8 Å². The Morgan fingerprint density at radius 1 is 1.15 bits per heavy atom. The molecule has 0 amide bonds. The summed E-state index contributed by atoms with van der Waals surface area (Å²) < 4.78 is 12.1. The first-order chi connectivity index (χ1) is 12.6. The number of benzene rings is 1. The van der Waals surface area contributed by atoms with Crippen LogP contribution in [-0.2, 0) is 12.8 Å². The molecule has 2 aliphatic rings. The van der Waals surface area contributed by atoms with Crippen LogP contribution >= 0.6 is 0 Å². The molecule has 4 rings (SSSR count). The summed E-state index contributed by atoms with van der Waals surface area (Å²) >= 11 is 0. The van der Waals surface area contributed by atoms with Gasteiger partial charge < -0.3 is 14.3 Å². The van der Waals surface area contributed by atoms with Crippen LogP contribution in [-0.4, -0.2) is 41.3 Å². The van der Waals surface area contributed by atoms with E-state index < -0.39 is 6.10 Å². The maximum Gasteiger partial charge on any atom is 0.176 e. The summed E-state index contributed by atoms with van der Waals surface area (Å²) in [7, 11) is 0. The Bertz CT molecular complexity index is 743. The van der Waals surface area contributed by atoms with E-state index in [1.807, 2.05) is 12.1 Å². The first kappa shape index (κ1) is 17.9. The predicted molar refractivity (Wildman–Crippen MR) is 104 cm³/mol. The number of furan rings is 1. The number of piperidine rings is 1. The van der Waals surface area contributed by atoms with E-state index in [0.717, 1.165) is 29.9 Å². The Hall–Kier alpha value is -1.52. The highest BCUT2D eigenvalue weighted by Gasteiger charge is 2.27. The smallest absolute Gasteiger partial charge is 0.176 e. The predicted octanol–water partition coefficient (Wildman–Crippen LogP) is 4.31. The van der Waals surface area contributed by atoms with E-state index >= 15 is 0 Å². The minimum atomic E-state index is -0.488. The number of ether oxygens (including phenoxy) is 1. The second-order valence-corrected chi connectivity index (χ2v) is 8.13. The van der Waals surface area contributed by atoms with Crippen LogP contribution < -0.4 is 4.74 Å². The minimum absolute atomic E-state index is 0.306. The van der Waals surface area contributed by atoms with Crippen molar-refractivity contribution in [2.24, 2.45) is 0 Å². The minimum Gasteiger partial charge on any atom is -0.487 e. The molecule has 1 aromatic carbocycles. The number of hydrogen-bond donors (Lipinski definition) is 1. The lowest BCUT2D eigenvalue weighted by Crippen LogP contribution is -2.48. The molecule has 1 aliphatic carbocycles. The largest absolute Gasteiger partial charge is 0.487 e. The molecule has 1 fully saturated rings. The van der Waals surface area contributed by atoms with Crippen LogP contribution in [0, 0.1) is 0 Å². The van der Waals surface area contributed by atoms with Gasteiger partial charge in [-0.05, 0) is 52.0 Å². The molecule has 0 unspecified atom stereocenters. The highest BCUT2D eigenvalue weighted by atomic mass is 16.5. The summed E-state index contributed by atoms with van der Waals surface area (Å²) in [5.41, 5.74) is 2.21. The highest BCUT2D eigenvalue weighted by molar-refractivity contribution is 5.87. The van der Waals surface area contributed by atoms with E-state index in [0.29, 0.717) is 25.2 Å². The maximum atomic E-state index is 10.5. The van der Waals surface area contributed by atoms with E-state index in [9.17, 15) is 5.11 Å². The Morgan fingerprint density at radius 3 is 2.73 bits per heavy atom. The molecule has 0 radical (unpaired) electrons. The Balaban J connectivity index is 1.43. The number of likely N-dealkylation sites (tertiary alicyclic amines) is 1. The first-order valence-electron chi connectivity index (χ1n) is 10.2. The van der Waals surface area contributed by atoms with Crippen LogP contribution in [0.1, 0.15) is 57.3 Å². The van der Waals surface area contributed by atoms with Gasteiger partial charge in [0.25, 0.3) is 0 Å². The van der Waals surface area contributed by atoms with Gasteiger partial charge in [0, 0.05) is 36.0 Å². The van der Waals surface area contributed by atoms with Crippen molar-refractivity contribution in [1.29, 1.82) is 0 Å². The monoisotopic (exact) mass is 357 g/mol. The zero-order chi connectivity index (χ0) is 18.1.